The van der Waals surface area contributed by atoms with Crippen LogP contribution in [0.25, 0.3) is 21.8 Å². The van der Waals surface area contributed by atoms with Gasteiger partial charge < -0.3 is 20.7 Å². The number of benzene rings is 1. The molecule has 2 amide bonds. The maximum atomic E-state index is 12.8. The van der Waals surface area contributed by atoms with Crippen molar-refractivity contribution in [2.24, 2.45) is 5.92 Å². The van der Waals surface area contributed by atoms with Crippen molar-refractivity contribution in [3.05, 3.63) is 42.2 Å². The summed E-state index contributed by atoms with van der Waals surface area (Å²) < 4.78 is 0. The number of nitrogens with one attached hydrogen (secondary N) is 3. The minimum Gasteiger partial charge on any atom is -0.394 e. The summed E-state index contributed by atoms with van der Waals surface area (Å²) in [6.07, 6.45) is 2.36. The summed E-state index contributed by atoms with van der Waals surface area (Å²) in [4.78, 5) is 32.9. The van der Waals surface area contributed by atoms with E-state index in [4.69, 9.17) is 0 Å². The van der Waals surface area contributed by atoms with Crippen LogP contribution in [0.3, 0.4) is 0 Å². The standard InChI is InChI=1S/C21H26N4O3/c1-4-12(2)19(21(28)23-13(3)11-26)25-20(27)17-9-15-14-7-5-6-8-16(14)24-18(15)10-22-17/h5-10,12-13,19,24,26H,4,11H2,1-3H3,(H,23,28)(H,25,27). The molecular formula is C21H26N4O3. The van der Waals surface area contributed by atoms with Gasteiger partial charge in [0.1, 0.15) is 11.7 Å². The molecule has 3 unspecified atom stereocenters. The number of aromatic nitrogens is 2. The lowest BCUT2D eigenvalue weighted by Gasteiger charge is -2.25. The molecule has 4 N–H and O–H groups in total. The summed E-state index contributed by atoms with van der Waals surface area (Å²) in [5, 5.41) is 16.6. The monoisotopic (exact) mass is 382 g/mol. The molecule has 0 radical (unpaired) electrons. The maximum Gasteiger partial charge on any atom is 0.270 e. The summed E-state index contributed by atoms with van der Waals surface area (Å²) in [6, 6.07) is 8.51. The van der Waals surface area contributed by atoms with Gasteiger partial charge in [0.2, 0.25) is 5.91 Å². The lowest BCUT2D eigenvalue weighted by atomic mass is 9.97. The molecule has 0 spiro atoms. The van der Waals surface area contributed by atoms with Crippen molar-refractivity contribution < 1.29 is 14.7 Å². The molecular weight excluding hydrogens is 356 g/mol. The van der Waals surface area contributed by atoms with Gasteiger partial charge in [0.25, 0.3) is 5.91 Å². The Morgan fingerprint density at radius 1 is 1.14 bits per heavy atom. The average molecular weight is 382 g/mol. The van der Waals surface area contributed by atoms with Crippen molar-refractivity contribution >= 4 is 33.6 Å². The highest BCUT2D eigenvalue weighted by molar-refractivity contribution is 6.09. The summed E-state index contributed by atoms with van der Waals surface area (Å²) in [7, 11) is 0. The Balaban J connectivity index is 1.86. The van der Waals surface area contributed by atoms with E-state index in [1.165, 1.54) is 0 Å². The fourth-order valence-electron chi connectivity index (χ4n) is 3.17. The molecule has 3 rings (SSSR count). The molecule has 7 heteroatoms. The lowest BCUT2D eigenvalue weighted by Crippen LogP contribution is -2.52. The van der Waals surface area contributed by atoms with E-state index in [2.05, 4.69) is 20.6 Å². The third-order valence-corrected chi connectivity index (χ3v) is 5.07. The number of nitrogens with zero attached hydrogens (tertiary/aromatic N) is 1. The van der Waals surface area contributed by atoms with Crippen LogP contribution in [0.1, 0.15) is 37.7 Å². The average Bonchev–Trinajstić information content (AvgIpc) is 3.08. The minimum atomic E-state index is -0.702. The summed E-state index contributed by atoms with van der Waals surface area (Å²) >= 11 is 0. The number of pyridine rings is 1. The Kier molecular flexibility index (Phi) is 5.94. The molecule has 7 nitrogen and oxygen atoms in total. The fourth-order valence-corrected chi connectivity index (χ4v) is 3.17. The number of aliphatic hydroxyl groups excluding tert-OH is 1. The van der Waals surface area contributed by atoms with Crippen molar-refractivity contribution in [1.29, 1.82) is 0 Å². The molecule has 28 heavy (non-hydrogen) atoms. The number of hydrogen-bond acceptors (Lipinski definition) is 4. The van der Waals surface area contributed by atoms with E-state index < -0.39 is 11.9 Å². The normalized spacial score (nSPS) is 14.6. The van der Waals surface area contributed by atoms with Crippen LogP contribution >= 0.6 is 0 Å². The van der Waals surface area contributed by atoms with Gasteiger partial charge in [0.05, 0.1) is 18.3 Å². The third-order valence-electron chi connectivity index (χ3n) is 5.07. The van der Waals surface area contributed by atoms with E-state index in [0.29, 0.717) is 0 Å². The Morgan fingerprint density at radius 2 is 1.89 bits per heavy atom. The molecule has 2 heterocycles. The first-order chi connectivity index (χ1) is 13.4. The number of amides is 2. The molecule has 3 atom stereocenters. The van der Waals surface area contributed by atoms with E-state index >= 15 is 0 Å². The quantitative estimate of drug-likeness (QED) is 0.503. The first-order valence-electron chi connectivity index (χ1n) is 9.53. The fraction of sp³-hybridized carbons (Fsp3) is 0.381. The topological polar surface area (TPSA) is 107 Å². The molecule has 148 valence electrons. The first kappa shape index (κ1) is 19.8. The van der Waals surface area contributed by atoms with E-state index in [9.17, 15) is 14.7 Å². The van der Waals surface area contributed by atoms with Gasteiger partial charge in [0.15, 0.2) is 0 Å². The maximum absolute atomic E-state index is 12.8. The Morgan fingerprint density at radius 3 is 2.61 bits per heavy atom. The highest BCUT2D eigenvalue weighted by Gasteiger charge is 2.27. The molecule has 1 aromatic carbocycles. The molecule has 0 aliphatic rings. The highest BCUT2D eigenvalue weighted by atomic mass is 16.3. The van der Waals surface area contributed by atoms with Crippen molar-refractivity contribution in [3.63, 3.8) is 0 Å². The van der Waals surface area contributed by atoms with Gasteiger partial charge in [-0.05, 0) is 25.0 Å². The molecule has 0 aliphatic heterocycles. The SMILES string of the molecule is CCC(C)C(NC(=O)c1cc2c(cn1)[nH]c1ccccc12)C(=O)NC(C)CO. The van der Waals surface area contributed by atoms with Crippen LogP contribution in [-0.2, 0) is 4.79 Å². The zero-order chi connectivity index (χ0) is 20.3. The van der Waals surface area contributed by atoms with Gasteiger partial charge in [-0.3, -0.25) is 9.59 Å². The summed E-state index contributed by atoms with van der Waals surface area (Å²) in [5.74, 6) is -0.770. The van der Waals surface area contributed by atoms with Gasteiger partial charge in [-0.1, -0.05) is 38.5 Å². The van der Waals surface area contributed by atoms with Crippen molar-refractivity contribution in [2.75, 3.05) is 6.61 Å². The second-order valence-electron chi connectivity index (χ2n) is 7.21. The number of para-hydroxylation sites is 1. The lowest BCUT2D eigenvalue weighted by molar-refractivity contribution is -0.125. The van der Waals surface area contributed by atoms with E-state index in [1.54, 1.807) is 19.2 Å². The Hall–Kier alpha value is -2.93. The van der Waals surface area contributed by atoms with Crippen LogP contribution in [0.2, 0.25) is 0 Å². The summed E-state index contributed by atoms with van der Waals surface area (Å²) in [6.45, 7) is 5.42. The smallest absolute Gasteiger partial charge is 0.270 e. The third kappa shape index (κ3) is 3.99. The summed E-state index contributed by atoms with van der Waals surface area (Å²) in [5.41, 5.74) is 2.09. The molecule has 0 bridgehead atoms. The number of carbonyl (C=O) groups excluding carboxylic acids is 2. The Bertz CT molecular complexity index is 998. The number of fused-ring (bicyclic) bond motifs is 3. The Labute approximate surface area is 163 Å². The highest BCUT2D eigenvalue weighted by Crippen LogP contribution is 2.25. The number of aromatic amines is 1. The molecule has 0 saturated heterocycles. The van der Waals surface area contributed by atoms with Crippen LogP contribution < -0.4 is 10.6 Å². The second kappa shape index (κ2) is 8.39. The second-order valence-corrected chi connectivity index (χ2v) is 7.21. The number of H-pyrrole nitrogens is 1. The minimum absolute atomic E-state index is 0.0633. The van der Waals surface area contributed by atoms with Gasteiger partial charge >= 0.3 is 0 Å². The van der Waals surface area contributed by atoms with Gasteiger partial charge in [-0.25, -0.2) is 4.98 Å². The van der Waals surface area contributed by atoms with Gasteiger partial charge in [-0.2, -0.15) is 0 Å². The predicted octanol–water partition coefficient (Wildman–Crippen LogP) is 2.36. The number of carbonyl (C=O) groups is 2. The van der Waals surface area contributed by atoms with Crippen LogP contribution in [0, 0.1) is 5.92 Å². The van der Waals surface area contributed by atoms with Crippen LogP contribution in [0.15, 0.2) is 36.5 Å². The molecule has 0 saturated carbocycles. The molecule has 3 aromatic rings. The van der Waals surface area contributed by atoms with Crippen molar-refractivity contribution in [2.45, 2.75) is 39.3 Å². The van der Waals surface area contributed by atoms with Crippen molar-refractivity contribution in [3.8, 4) is 0 Å². The number of aliphatic hydroxyl groups is 1. The van der Waals surface area contributed by atoms with Crippen molar-refractivity contribution in [1.82, 2.24) is 20.6 Å². The van der Waals surface area contributed by atoms with Crippen LogP contribution in [0.5, 0.6) is 0 Å². The number of hydrogen-bond donors (Lipinski definition) is 4. The van der Waals surface area contributed by atoms with E-state index in [0.717, 1.165) is 28.2 Å². The predicted molar refractivity (Wildman–Crippen MR) is 109 cm³/mol. The van der Waals surface area contributed by atoms with Gasteiger partial charge in [0, 0.05) is 22.3 Å². The molecule has 2 aromatic heterocycles. The molecule has 0 fully saturated rings. The van der Waals surface area contributed by atoms with Gasteiger partial charge in [-0.15, -0.1) is 0 Å². The van der Waals surface area contributed by atoms with Crippen LogP contribution in [0.4, 0.5) is 0 Å². The zero-order valence-corrected chi connectivity index (χ0v) is 16.3. The number of rotatable bonds is 7. The zero-order valence-electron chi connectivity index (χ0n) is 16.3. The first-order valence-corrected chi connectivity index (χ1v) is 9.53. The van der Waals surface area contributed by atoms with E-state index in [1.807, 2.05) is 38.1 Å². The largest absolute Gasteiger partial charge is 0.394 e. The molecule has 0 aliphatic carbocycles. The van der Waals surface area contributed by atoms with Crippen LogP contribution in [-0.4, -0.2) is 45.6 Å². The van der Waals surface area contributed by atoms with E-state index in [-0.39, 0.29) is 30.2 Å².